The van der Waals surface area contributed by atoms with E-state index in [0.717, 1.165) is 26.3 Å². The maximum Gasteiger partial charge on any atom is 0.262 e. The van der Waals surface area contributed by atoms with Gasteiger partial charge in [0.2, 0.25) is 0 Å². The first-order valence-corrected chi connectivity index (χ1v) is 7.29. The number of aryl methyl sites for hydroxylation is 1. The second-order valence-corrected chi connectivity index (χ2v) is 6.51. The Kier molecular flexibility index (Phi) is 4.01. The van der Waals surface area contributed by atoms with Crippen LogP contribution in [-0.4, -0.2) is 25.1 Å². The van der Waals surface area contributed by atoms with Crippen LogP contribution in [0.15, 0.2) is 18.2 Å². The number of carbonyl (C=O) groups excluding carboxylic acids is 1. The van der Waals surface area contributed by atoms with Crippen molar-refractivity contribution >= 4 is 27.3 Å². The summed E-state index contributed by atoms with van der Waals surface area (Å²) in [6.45, 7) is 6.19. The molecule has 0 atom stereocenters. The lowest BCUT2D eigenvalue weighted by atomic mass is 10.1. The zero-order chi connectivity index (χ0) is 14.9. The minimum Gasteiger partial charge on any atom is -0.497 e. The van der Waals surface area contributed by atoms with Crippen LogP contribution in [0.3, 0.4) is 0 Å². The molecule has 108 valence electrons. The largest absolute Gasteiger partial charge is 0.497 e. The number of hydrogen-bond donors (Lipinski definition) is 2. The standard InChI is InChI=1S/C15H20N2O2S/c1-9-11-7-10(19-4)5-6-12(11)20-13(9)14(18)17-15(2,3)8-16/h5-7H,8,16H2,1-4H3,(H,17,18). The first-order valence-electron chi connectivity index (χ1n) is 6.47. The molecular weight excluding hydrogens is 272 g/mol. The quantitative estimate of drug-likeness (QED) is 0.910. The summed E-state index contributed by atoms with van der Waals surface area (Å²) in [5.74, 6) is 0.728. The summed E-state index contributed by atoms with van der Waals surface area (Å²) >= 11 is 1.49. The summed E-state index contributed by atoms with van der Waals surface area (Å²) in [4.78, 5) is 13.1. The van der Waals surface area contributed by atoms with Gasteiger partial charge in [-0.15, -0.1) is 11.3 Å². The average molecular weight is 292 g/mol. The second kappa shape index (κ2) is 5.42. The number of fused-ring (bicyclic) bond motifs is 1. The van der Waals surface area contributed by atoms with Crippen molar-refractivity contribution in [3.8, 4) is 5.75 Å². The topological polar surface area (TPSA) is 64.3 Å². The van der Waals surface area contributed by atoms with Crippen LogP contribution in [0.2, 0.25) is 0 Å². The molecule has 4 nitrogen and oxygen atoms in total. The Hall–Kier alpha value is -1.59. The molecule has 0 saturated heterocycles. The maximum atomic E-state index is 12.4. The van der Waals surface area contributed by atoms with E-state index in [-0.39, 0.29) is 5.91 Å². The van der Waals surface area contributed by atoms with E-state index in [1.807, 2.05) is 39.0 Å². The van der Waals surface area contributed by atoms with Crippen LogP contribution < -0.4 is 15.8 Å². The zero-order valence-electron chi connectivity index (χ0n) is 12.2. The van der Waals surface area contributed by atoms with E-state index in [0.29, 0.717) is 6.54 Å². The third-order valence-electron chi connectivity index (χ3n) is 3.31. The molecule has 0 aliphatic carbocycles. The van der Waals surface area contributed by atoms with Crippen LogP contribution in [0.1, 0.15) is 29.1 Å². The summed E-state index contributed by atoms with van der Waals surface area (Å²) in [5, 5.41) is 4.03. The molecule has 0 saturated carbocycles. The van der Waals surface area contributed by atoms with Crippen molar-refractivity contribution in [2.45, 2.75) is 26.3 Å². The molecule has 0 fully saturated rings. The van der Waals surface area contributed by atoms with Gasteiger partial charge in [0, 0.05) is 16.8 Å². The summed E-state index contributed by atoms with van der Waals surface area (Å²) in [7, 11) is 1.64. The van der Waals surface area contributed by atoms with Crippen molar-refractivity contribution in [1.82, 2.24) is 5.32 Å². The molecule has 0 aliphatic rings. The van der Waals surface area contributed by atoms with Crippen molar-refractivity contribution in [2.24, 2.45) is 5.73 Å². The molecule has 0 radical (unpaired) electrons. The second-order valence-electron chi connectivity index (χ2n) is 5.46. The smallest absolute Gasteiger partial charge is 0.262 e. The Bertz CT molecular complexity index is 647. The highest BCUT2D eigenvalue weighted by Crippen LogP contribution is 2.33. The number of nitrogens with two attached hydrogens (primary N) is 1. The third kappa shape index (κ3) is 2.78. The van der Waals surface area contributed by atoms with E-state index in [2.05, 4.69) is 5.32 Å². The average Bonchev–Trinajstić information content (AvgIpc) is 2.75. The number of benzene rings is 1. The predicted molar refractivity (Wildman–Crippen MR) is 83.7 cm³/mol. The van der Waals surface area contributed by atoms with E-state index in [1.165, 1.54) is 11.3 Å². The number of hydrogen-bond acceptors (Lipinski definition) is 4. The molecule has 0 unspecified atom stereocenters. The molecule has 20 heavy (non-hydrogen) atoms. The normalized spacial score (nSPS) is 11.7. The van der Waals surface area contributed by atoms with Crippen LogP contribution in [0.4, 0.5) is 0 Å². The van der Waals surface area contributed by atoms with Gasteiger partial charge in [0.25, 0.3) is 5.91 Å². The fourth-order valence-electron chi connectivity index (χ4n) is 1.96. The Morgan fingerprint density at radius 1 is 1.45 bits per heavy atom. The van der Waals surface area contributed by atoms with Crippen molar-refractivity contribution < 1.29 is 9.53 Å². The van der Waals surface area contributed by atoms with E-state index in [1.54, 1.807) is 7.11 Å². The third-order valence-corrected chi connectivity index (χ3v) is 4.58. The Labute approximate surface area is 122 Å². The lowest BCUT2D eigenvalue weighted by Gasteiger charge is -2.23. The number of carbonyl (C=O) groups is 1. The SMILES string of the molecule is COc1ccc2sc(C(=O)NC(C)(C)CN)c(C)c2c1. The Morgan fingerprint density at radius 3 is 2.75 bits per heavy atom. The fourth-order valence-corrected chi connectivity index (χ4v) is 3.04. The Morgan fingerprint density at radius 2 is 2.15 bits per heavy atom. The molecular formula is C15H20N2O2S. The molecule has 3 N–H and O–H groups in total. The lowest BCUT2D eigenvalue weighted by molar-refractivity contribution is 0.0919. The summed E-state index contributed by atoms with van der Waals surface area (Å²) in [5.41, 5.74) is 6.23. The van der Waals surface area contributed by atoms with Crippen molar-refractivity contribution in [1.29, 1.82) is 0 Å². The fraction of sp³-hybridized carbons (Fsp3) is 0.400. The summed E-state index contributed by atoms with van der Waals surface area (Å²) in [6, 6.07) is 5.85. The highest BCUT2D eigenvalue weighted by atomic mass is 32.1. The highest BCUT2D eigenvalue weighted by molar-refractivity contribution is 7.21. The van der Waals surface area contributed by atoms with Crippen LogP contribution in [0.25, 0.3) is 10.1 Å². The van der Waals surface area contributed by atoms with E-state index in [4.69, 9.17) is 10.5 Å². The number of methoxy groups -OCH3 is 1. The number of amides is 1. The lowest BCUT2D eigenvalue weighted by Crippen LogP contribution is -2.48. The monoisotopic (exact) mass is 292 g/mol. The summed E-state index contributed by atoms with van der Waals surface area (Å²) in [6.07, 6.45) is 0. The number of nitrogens with one attached hydrogen (secondary N) is 1. The van der Waals surface area contributed by atoms with Crippen molar-refractivity contribution in [3.63, 3.8) is 0 Å². The van der Waals surface area contributed by atoms with Gasteiger partial charge >= 0.3 is 0 Å². The minimum atomic E-state index is -0.405. The van der Waals surface area contributed by atoms with Crippen LogP contribution in [0, 0.1) is 6.92 Å². The van der Waals surface area contributed by atoms with E-state index >= 15 is 0 Å². The molecule has 0 spiro atoms. The van der Waals surface area contributed by atoms with Gasteiger partial charge in [-0.2, -0.15) is 0 Å². The molecule has 0 bridgehead atoms. The van der Waals surface area contributed by atoms with Gasteiger partial charge in [0.1, 0.15) is 5.75 Å². The van der Waals surface area contributed by atoms with Crippen LogP contribution in [0.5, 0.6) is 5.75 Å². The Balaban J connectivity index is 2.40. The molecule has 1 aromatic carbocycles. The zero-order valence-corrected chi connectivity index (χ0v) is 13.1. The molecule has 2 rings (SSSR count). The minimum absolute atomic E-state index is 0.0712. The van der Waals surface area contributed by atoms with Gasteiger partial charge in [-0.1, -0.05) is 0 Å². The van der Waals surface area contributed by atoms with Crippen LogP contribution >= 0.6 is 11.3 Å². The molecule has 1 aromatic heterocycles. The number of thiophene rings is 1. The number of ether oxygens (including phenoxy) is 1. The van der Waals surface area contributed by atoms with E-state index in [9.17, 15) is 4.79 Å². The molecule has 1 amide bonds. The van der Waals surface area contributed by atoms with Gasteiger partial charge in [0.15, 0.2) is 0 Å². The van der Waals surface area contributed by atoms with Crippen LogP contribution in [-0.2, 0) is 0 Å². The number of rotatable bonds is 4. The van der Waals surface area contributed by atoms with Gasteiger partial charge in [-0.3, -0.25) is 4.79 Å². The van der Waals surface area contributed by atoms with Crippen molar-refractivity contribution in [2.75, 3.05) is 13.7 Å². The van der Waals surface area contributed by atoms with Gasteiger partial charge in [0.05, 0.1) is 12.0 Å². The maximum absolute atomic E-state index is 12.4. The highest BCUT2D eigenvalue weighted by Gasteiger charge is 2.22. The molecule has 2 aromatic rings. The van der Waals surface area contributed by atoms with Gasteiger partial charge in [-0.25, -0.2) is 0 Å². The predicted octanol–water partition coefficient (Wildman–Crippen LogP) is 2.69. The molecule has 1 heterocycles. The molecule has 5 heteroatoms. The first kappa shape index (κ1) is 14.8. The van der Waals surface area contributed by atoms with Crippen molar-refractivity contribution in [3.05, 3.63) is 28.6 Å². The van der Waals surface area contributed by atoms with Gasteiger partial charge in [-0.05, 0) is 49.9 Å². The summed E-state index contributed by atoms with van der Waals surface area (Å²) < 4.78 is 6.31. The van der Waals surface area contributed by atoms with Gasteiger partial charge < -0.3 is 15.8 Å². The van der Waals surface area contributed by atoms with E-state index < -0.39 is 5.54 Å². The first-order chi connectivity index (χ1) is 9.38. The molecule has 0 aliphatic heterocycles.